The minimum absolute atomic E-state index is 0.153. The first kappa shape index (κ1) is 27.5. The number of nitrogens with two attached hydrogens (primary N) is 1. The molecule has 1 amide bonds. The Kier molecular flexibility index (Phi) is 11.9. The zero-order valence-corrected chi connectivity index (χ0v) is 21.2. The summed E-state index contributed by atoms with van der Waals surface area (Å²) in [7, 11) is 0. The zero-order valence-electron chi connectivity index (χ0n) is 21.2. The number of piperidine rings is 1. The van der Waals surface area contributed by atoms with E-state index in [1.54, 1.807) is 12.1 Å². The van der Waals surface area contributed by atoms with Gasteiger partial charge in [0.25, 0.3) is 5.91 Å². The highest BCUT2D eigenvalue weighted by Crippen LogP contribution is 2.22. The molecule has 3 rings (SSSR count). The van der Waals surface area contributed by atoms with E-state index in [-0.39, 0.29) is 5.91 Å². The van der Waals surface area contributed by atoms with Crippen molar-refractivity contribution in [1.82, 2.24) is 4.90 Å². The average Bonchev–Trinajstić information content (AvgIpc) is 2.79. The van der Waals surface area contributed by atoms with E-state index in [0.717, 1.165) is 38.2 Å². The lowest BCUT2D eigenvalue weighted by Gasteiger charge is -2.36. The predicted molar refractivity (Wildman–Crippen MR) is 140 cm³/mol. The summed E-state index contributed by atoms with van der Waals surface area (Å²) in [5, 5.41) is 6.47. The number of nitrogens with one attached hydrogen (secondary N) is 2. The molecule has 2 aromatic rings. The molecule has 1 saturated heterocycles. The highest BCUT2D eigenvalue weighted by atomic mass is 16.1. The number of amides is 1. The fourth-order valence-electron chi connectivity index (χ4n) is 3.67. The molecule has 0 aliphatic carbocycles. The molecule has 0 atom stereocenters. The molecule has 0 aromatic heterocycles. The minimum atomic E-state index is -0.153. The maximum atomic E-state index is 12.4. The molecule has 5 heteroatoms. The van der Waals surface area contributed by atoms with Crippen molar-refractivity contribution >= 4 is 23.0 Å². The number of rotatable bonds is 5. The first-order valence-corrected chi connectivity index (χ1v) is 12.0. The zero-order chi connectivity index (χ0) is 24.1. The van der Waals surface area contributed by atoms with E-state index < -0.39 is 0 Å². The number of anilines is 3. The van der Waals surface area contributed by atoms with Crippen LogP contribution in [0.3, 0.4) is 0 Å². The molecule has 1 aliphatic heterocycles. The van der Waals surface area contributed by atoms with E-state index in [2.05, 4.69) is 36.3 Å². The number of carbonyl (C=O) groups excluding carboxylic acids is 1. The van der Waals surface area contributed by atoms with Gasteiger partial charge in [0.1, 0.15) is 0 Å². The Labute approximate surface area is 195 Å². The second-order valence-corrected chi connectivity index (χ2v) is 8.87. The molecular weight excluding hydrogens is 396 g/mol. The van der Waals surface area contributed by atoms with Gasteiger partial charge in [-0.1, -0.05) is 60.6 Å². The smallest absolute Gasteiger partial charge is 0.255 e. The summed E-state index contributed by atoms with van der Waals surface area (Å²) in [5.41, 5.74) is 9.12. The van der Waals surface area contributed by atoms with E-state index in [1.165, 1.54) is 0 Å². The van der Waals surface area contributed by atoms with Crippen LogP contribution in [0, 0.1) is 5.41 Å². The van der Waals surface area contributed by atoms with Crippen molar-refractivity contribution in [1.29, 1.82) is 0 Å². The molecule has 1 aliphatic rings. The Balaban J connectivity index is 0.00000121. The van der Waals surface area contributed by atoms with Gasteiger partial charge in [0, 0.05) is 36.9 Å². The summed E-state index contributed by atoms with van der Waals surface area (Å²) < 4.78 is 0. The summed E-state index contributed by atoms with van der Waals surface area (Å²) in [6.45, 7) is 18.3. The fraction of sp³-hybridized carbons (Fsp3) is 0.519. The summed E-state index contributed by atoms with van der Waals surface area (Å²) in [5.74, 6) is -0.153. The van der Waals surface area contributed by atoms with Crippen LogP contribution in [0.15, 0.2) is 48.5 Å². The molecule has 0 radical (unpaired) electrons. The summed E-state index contributed by atoms with van der Waals surface area (Å²) >= 11 is 0. The van der Waals surface area contributed by atoms with Gasteiger partial charge in [-0.15, -0.1) is 0 Å². The van der Waals surface area contributed by atoms with Gasteiger partial charge in [0.2, 0.25) is 0 Å². The SMILES string of the molecule is CC.CC.CC(C)(C)CN1CCC(Nc2ccc(C(=O)Nc3ccccc3N)cc2)CC1. The lowest BCUT2D eigenvalue weighted by molar-refractivity contribution is 0.102. The minimum Gasteiger partial charge on any atom is -0.397 e. The highest BCUT2D eigenvalue weighted by molar-refractivity contribution is 6.05. The van der Waals surface area contributed by atoms with Crippen LogP contribution in [0.1, 0.15) is 71.7 Å². The molecule has 0 bridgehead atoms. The third kappa shape index (κ3) is 9.31. The maximum absolute atomic E-state index is 12.4. The van der Waals surface area contributed by atoms with Gasteiger partial charge in [-0.2, -0.15) is 0 Å². The molecule has 32 heavy (non-hydrogen) atoms. The Morgan fingerprint density at radius 3 is 2.06 bits per heavy atom. The average molecular weight is 441 g/mol. The molecule has 4 N–H and O–H groups in total. The quantitative estimate of drug-likeness (QED) is 0.464. The largest absolute Gasteiger partial charge is 0.397 e. The van der Waals surface area contributed by atoms with Crippen LogP contribution < -0.4 is 16.4 Å². The van der Waals surface area contributed by atoms with Gasteiger partial charge in [0.15, 0.2) is 0 Å². The van der Waals surface area contributed by atoms with Crippen LogP contribution in [-0.2, 0) is 0 Å². The Morgan fingerprint density at radius 1 is 0.969 bits per heavy atom. The fourth-order valence-corrected chi connectivity index (χ4v) is 3.67. The van der Waals surface area contributed by atoms with Gasteiger partial charge in [0.05, 0.1) is 11.4 Å². The molecule has 1 heterocycles. The number of likely N-dealkylation sites (tertiary alicyclic amines) is 1. The van der Waals surface area contributed by atoms with Crippen LogP contribution in [0.4, 0.5) is 17.1 Å². The van der Waals surface area contributed by atoms with E-state index in [4.69, 9.17) is 5.73 Å². The maximum Gasteiger partial charge on any atom is 0.255 e. The number of nitrogen functional groups attached to an aromatic ring is 1. The predicted octanol–water partition coefficient (Wildman–Crippen LogP) is 6.50. The number of nitrogens with zero attached hydrogens (tertiary/aromatic N) is 1. The van der Waals surface area contributed by atoms with Crippen LogP contribution in [0.5, 0.6) is 0 Å². The van der Waals surface area contributed by atoms with E-state index in [0.29, 0.717) is 28.4 Å². The van der Waals surface area contributed by atoms with E-state index in [1.807, 2.05) is 64.1 Å². The monoisotopic (exact) mass is 440 g/mol. The molecular formula is C27H44N4O. The second-order valence-electron chi connectivity index (χ2n) is 8.87. The first-order chi connectivity index (χ1) is 15.3. The second kappa shape index (κ2) is 13.8. The third-order valence-electron chi connectivity index (χ3n) is 5.01. The molecule has 0 saturated carbocycles. The number of carbonyl (C=O) groups is 1. The summed E-state index contributed by atoms with van der Waals surface area (Å²) in [6, 6.07) is 15.4. The van der Waals surface area contributed by atoms with Crippen molar-refractivity contribution in [3.05, 3.63) is 54.1 Å². The Hall–Kier alpha value is -2.53. The van der Waals surface area contributed by atoms with Crippen molar-refractivity contribution in [2.75, 3.05) is 36.0 Å². The van der Waals surface area contributed by atoms with Crippen molar-refractivity contribution in [2.24, 2.45) is 5.41 Å². The van der Waals surface area contributed by atoms with Crippen molar-refractivity contribution in [2.45, 2.75) is 67.3 Å². The Bertz CT molecular complexity index is 788. The number of hydrogen-bond acceptors (Lipinski definition) is 4. The molecule has 178 valence electrons. The topological polar surface area (TPSA) is 70.4 Å². The van der Waals surface area contributed by atoms with Gasteiger partial charge in [-0.05, 0) is 54.7 Å². The van der Waals surface area contributed by atoms with Gasteiger partial charge >= 0.3 is 0 Å². The lowest BCUT2D eigenvalue weighted by atomic mass is 9.94. The lowest BCUT2D eigenvalue weighted by Crippen LogP contribution is -2.42. The van der Waals surface area contributed by atoms with Crippen molar-refractivity contribution in [3.63, 3.8) is 0 Å². The van der Waals surface area contributed by atoms with Gasteiger partial charge in [-0.25, -0.2) is 0 Å². The molecule has 2 aromatic carbocycles. The Morgan fingerprint density at radius 2 is 1.53 bits per heavy atom. The highest BCUT2D eigenvalue weighted by Gasteiger charge is 2.22. The van der Waals surface area contributed by atoms with Gasteiger partial charge in [-0.3, -0.25) is 4.79 Å². The van der Waals surface area contributed by atoms with Crippen molar-refractivity contribution in [3.8, 4) is 0 Å². The van der Waals surface area contributed by atoms with Crippen molar-refractivity contribution < 1.29 is 4.79 Å². The van der Waals surface area contributed by atoms with E-state index >= 15 is 0 Å². The molecule has 0 spiro atoms. The normalized spacial score (nSPS) is 14.3. The standard InChI is InChI=1S/C23H32N4O.2C2H6/c1-23(2,3)16-27-14-12-19(13-15-27)25-18-10-8-17(9-11-18)22(28)26-21-7-5-4-6-20(21)24;2*1-2/h4-11,19,25H,12-16,24H2,1-3H3,(H,26,28);2*1-2H3. The number of para-hydroxylation sites is 2. The summed E-state index contributed by atoms with van der Waals surface area (Å²) in [4.78, 5) is 15.0. The van der Waals surface area contributed by atoms with Crippen LogP contribution >= 0.6 is 0 Å². The van der Waals surface area contributed by atoms with Crippen LogP contribution in [0.25, 0.3) is 0 Å². The molecule has 0 unspecified atom stereocenters. The number of benzene rings is 2. The van der Waals surface area contributed by atoms with Crippen LogP contribution in [-0.4, -0.2) is 36.5 Å². The number of hydrogen-bond donors (Lipinski definition) is 3. The molecule has 5 nitrogen and oxygen atoms in total. The summed E-state index contributed by atoms with van der Waals surface area (Å²) in [6.07, 6.45) is 2.29. The first-order valence-electron chi connectivity index (χ1n) is 12.0. The van der Waals surface area contributed by atoms with Gasteiger partial charge < -0.3 is 21.3 Å². The third-order valence-corrected chi connectivity index (χ3v) is 5.01. The molecule has 1 fully saturated rings. The van der Waals surface area contributed by atoms with Crippen LogP contribution in [0.2, 0.25) is 0 Å². The van der Waals surface area contributed by atoms with E-state index in [9.17, 15) is 4.79 Å².